The van der Waals surface area contributed by atoms with E-state index in [0.717, 1.165) is 18.8 Å². The third-order valence-electron chi connectivity index (χ3n) is 5.56. The van der Waals surface area contributed by atoms with Crippen molar-refractivity contribution in [2.75, 3.05) is 4.72 Å². The molecule has 2 N–H and O–H groups in total. The Labute approximate surface area is 164 Å². The Morgan fingerprint density at radius 3 is 2.48 bits per heavy atom. The molecule has 142 valence electrons. The monoisotopic (exact) mass is 404 g/mol. The van der Waals surface area contributed by atoms with Crippen molar-refractivity contribution in [2.24, 2.45) is 11.8 Å². The van der Waals surface area contributed by atoms with Crippen molar-refractivity contribution in [2.45, 2.75) is 36.6 Å². The van der Waals surface area contributed by atoms with Crippen molar-refractivity contribution in [3.05, 3.63) is 59.1 Å². The molecule has 0 unspecified atom stereocenters. The summed E-state index contributed by atoms with van der Waals surface area (Å²) in [5.74, 6) is 1.02. The molecule has 3 atom stereocenters. The topological polar surface area (TPSA) is 75.3 Å². The first-order valence-corrected chi connectivity index (χ1v) is 11.0. The highest BCUT2D eigenvalue weighted by Crippen LogP contribution is 2.44. The molecule has 2 saturated carbocycles. The number of para-hydroxylation sites is 1. The van der Waals surface area contributed by atoms with Gasteiger partial charge in [-0.05, 0) is 61.4 Å². The number of rotatable bonds is 5. The van der Waals surface area contributed by atoms with Crippen LogP contribution in [0.5, 0.6) is 0 Å². The van der Waals surface area contributed by atoms with Gasteiger partial charge in [0.05, 0.1) is 5.02 Å². The zero-order valence-electron chi connectivity index (χ0n) is 14.7. The summed E-state index contributed by atoms with van der Waals surface area (Å²) in [6.07, 6.45) is 4.62. The van der Waals surface area contributed by atoms with Crippen LogP contribution in [-0.2, 0) is 10.0 Å². The summed E-state index contributed by atoms with van der Waals surface area (Å²) in [5.41, 5.74) is 0.737. The van der Waals surface area contributed by atoms with E-state index in [1.54, 1.807) is 36.4 Å². The van der Waals surface area contributed by atoms with E-state index in [-0.39, 0.29) is 21.9 Å². The quantitative estimate of drug-likeness (QED) is 0.789. The molecule has 27 heavy (non-hydrogen) atoms. The lowest BCUT2D eigenvalue weighted by Crippen LogP contribution is -2.38. The van der Waals surface area contributed by atoms with Crippen molar-refractivity contribution in [3.63, 3.8) is 0 Å². The van der Waals surface area contributed by atoms with Gasteiger partial charge in [0.15, 0.2) is 0 Å². The van der Waals surface area contributed by atoms with Gasteiger partial charge in [-0.1, -0.05) is 36.2 Å². The normalized spacial score (nSPS) is 24.0. The predicted molar refractivity (Wildman–Crippen MR) is 105 cm³/mol. The van der Waals surface area contributed by atoms with E-state index in [2.05, 4.69) is 10.0 Å². The largest absolute Gasteiger partial charge is 0.349 e. The first-order valence-electron chi connectivity index (χ1n) is 9.10. The van der Waals surface area contributed by atoms with Crippen molar-refractivity contribution < 1.29 is 13.2 Å². The minimum absolute atomic E-state index is 0.0786. The molecule has 0 aromatic heterocycles. The number of hydrogen-bond donors (Lipinski definition) is 2. The second-order valence-corrected chi connectivity index (χ2v) is 9.43. The zero-order chi connectivity index (χ0) is 19.0. The summed E-state index contributed by atoms with van der Waals surface area (Å²) in [6, 6.07) is 13.1. The Morgan fingerprint density at radius 2 is 1.81 bits per heavy atom. The van der Waals surface area contributed by atoms with Crippen LogP contribution in [0.15, 0.2) is 53.4 Å². The second-order valence-electron chi connectivity index (χ2n) is 7.37. The number of fused-ring (bicyclic) bond motifs is 2. The Bertz CT molecular complexity index is 962. The maximum absolute atomic E-state index is 12.7. The Hall–Kier alpha value is -2.05. The summed E-state index contributed by atoms with van der Waals surface area (Å²) in [6.45, 7) is 0. The van der Waals surface area contributed by atoms with Crippen molar-refractivity contribution in [3.8, 4) is 0 Å². The molecule has 2 aliphatic carbocycles. The summed E-state index contributed by atoms with van der Waals surface area (Å²) >= 11 is 6.12. The summed E-state index contributed by atoms with van der Waals surface area (Å²) in [4.78, 5) is 12.6. The third kappa shape index (κ3) is 3.82. The van der Waals surface area contributed by atoms with Crippen LogP contribution >= 0.6 is 11.6 Å². The molecule has 0 spiro atoms. The van der Waals surface area contributed by atoms with E-state index < -0.39 is 10.0 Å². The Morgan fingerprint density at radius 1 is 1.04 bits per heavy atom. The van der Waals surface area contributed by atoms with Crippen LogP contribution in [0.1, 0.15) is 36.0 Å². The van der Waals surface area contributed by atoms with Crippen LogP contribution in [0.2, 0.25) is 5.02 Å². The van der Waals surface area contributed by atoms with Gasteiger partial charge in [0, 0.05) is 17.3 Å². The fourth-order valence-electron chi connectivity index (χ4n) is 4.24. The number of halogens is 1. The smallest absolute Gasteiger partial charge is 0.263 e. The lowest BCUT2D eigenvalue weighted by molar-refractivity contribution is 0.0922. The van der Waals surface area contributed by atoms with Crippen LogP contribution in [0, 0.1) is 11.8 Å². The van der Waals surface area contributed by atoms with Crippen molar-refractivity contribution in [1.82, 2.24) is 5.32 Å². The molecular weight excluding hydrogens is 384 g/mol. The van der Waals surface area contributed by atoms with E-state index in [1.165, 1.54) is 25.0 Å². The standard InChI is InChI=1S/C20H21ClN2O3S/c21-17-9-8-15(20(24)22-18-11-13-6-7-14(18)10-13)12-19(17)27(25,26)23-16-4-2-1-3-5-16/h1-5,8-9,12-14,18,23H,6-7,10-11H2,(H,22,24)/t13-,14-,18-/m0/s1. The van der Waals surface area contributed by atoms with E-state index in [4.69, 9.17) is 11.6 Å². The number of carbonyl (C=O) groups excluding carboxylic acids is 1. The molecule has 1 amide bonds. The number of nitrogens with one attached hydrogen (secondary N) is 2. The van der Waals surface area contributed by atoms with Crippen LogP contribution in [0.4, 0.5) is 5.69 Å². The van der Waals surface area contributed by atoms with Crippen LogP contribution in [0.25, 0.3) is 0 Å². The zero-order valence-corrected chi connectivity index (χ0v) is 16.3. The Balaban J connectivity index is 1.55. The molecule has 0 radical (unpaired) electrons. The van der Waals surface area contributed by atoms with Gasteiger partial charge < -0.3 is 5.32 Å². The van der Waals surface area contributed by atoms with Gasteiger partial charge in [0.2, 0.25) is 0 Å². The predicted octanol–water partition coefficient (Wildman–Crippen LogP) is 4.06. The average Bonchev–Trinajstić information content (AvgIpc) is 3.25. The van der Waals surface area contributed by atoms with Crippen LogP contribution in [0.3, 0.4) is 0 Å². The number of hydrogen-bond acceptors (Lipinski definition) is 3. The van der Waals surface area contributed by atoms with Crippen LogP contribution < -0.4 is 10.0 Å². The molecule has 2 aromatic rings. The van der Waals surface area contributed by atoms with E-state index in [0.29, 0.717) is 17.2 Å². The lowest BCUT2D eigenvalue weighted by atomic mass is 9.95. The molecule has 0 heterocycles. The maximum Gasteiger partial charge on any atom is 0.263 e. The van der Waals surface area contributed by atoms with E-state index >= 15 is 0 Å². The van der Waals surface area contributed by atoms with Crippen molar-refractivity contribution in [1.29, 1.82) is 0 Å². The average molecular weight is 405 g/mol. The molecule has 4 rings (SSSR count). The molecule has 2 bridgehead atoms. The highest BCUT2D eigenvalue weighted by atomic mass is 35.5. The molecule has 2 fully saturated rings. The molecule has 0 saturated heterocycles. The van der Waals surface area contributed by atoms with Gasteiger partial charge in [-0.2, -0.15) is 0 Å². The maximum atomic E-state index is 12.7. The first-order chi connectivity index (χ1) is 12.9. The van der Waals surface area contributed by atoms with E-state index in [9.17, 15) is 13.2 Å². The number of sulfonamides is 1. The number of carbonyl (C=O) groups is 1. The molecular formula is C20H21ClN2O3S. The molecule has 5 nitrogen and oxygen atoms in total. The highest BCUT2D eigenvalue weighted by molar-refractivity contribution is 7.92. The Kier molecular flexibility index (Phi) is 4.86. The SMILES string of the molecule is O=C(N[C@H]1C[C@H]2CC[C@H]1C2)c1ccc(Cl)c(S(=O)(=O)Nc2ccccc2)c1. The van der Waals surface area contributed by atoms with Gasteiger partial charge in [0.1, 0.15) is 4.90 Å². The van der Waals surface area contributed by atoms with Crippen molar-refractivity contribution >= 4 is 33.2 Å². The van der Waals surface area contributed by atoms with Crippen LogP contribution in [-0.4, -0.2) is 20.4 Å². The summed E-state index contributed by atoms with van der Waals surface area (Å²) in [7, 11) is -3.90. The number of benzene rings is 2. The second kappa shape index (κ2) is 7.17. The fraction of sp³-hybridized carbons (Fsp3) is 0.350. The molecule has 7 heteroatoms. The summed E-state index contributed by atoms with van der Waals surface area (Å²) < 4.78 is 27.9. The van der Waals surface area contributed by atoms with Gasteiger partial charge in [0.25, 0.3) is 15.9 Å². The minimum atomic E-state index is -3.90. The lowest BCUT2D eigenvalue weighted by Gasteiger charge is -2.23. The highest BCUT2D eigenvalue weighted by Gasteiger charge is 2.40. The van der Waals surface area contributed by atoms with Gasteiger partial charge in [-0.15, -0.1) is 0 Å². The molecule has 0 aliphatic heterocycles. The number of anilines is 1. The van der Waals surface area contributed by atoms with Gasteiger partial charge in [-0.3, -0.25) is 9.52 Å². The van der Waals surface area contributed by atoms with Gasteiger partial charge in [-0.25, -0.2) is 8.42 Å². The van der Waals surface area contributed by atoms with E-state index in [1.807, 2.05) is 0 Å². The van der Waals surface area contributed by atoms with Gasteiger partial charge >= 0.3 is 0 Å². The third-order valence-corrected chi connectivity index (χ3v) is 7.43. The first kappa shape index (κ1) is 18.3. The number of amides is 1. The summed E-state index contributed by atoms with van der Waals surface area (Å²) in [5, 5.41) is 3.16. The molecule has 2 aromatic carbocycles. The minimum Gasteiger partial charge on any atom is -0.349 e. The fourth-order valence-corrected chi connectivity index (χ4v) is 5.83. The molecule has 2 aliphatic rings.